The molecule has 21 heavy (non-hydrogen) atoms. The van der Waals surface area contributed by atoms with E-state index in [1.165, 1.54) is 7.11 Å². The molecule has 1 aliphatic rings. The van der Waals surface area contributed by atoms with Crippen molar-refractivity contribution in [3.8, 4) is 11.5 Å². The number of nitrogens with one attached hydrogen (secondary N) is 3. The zero-order chi connectivity index (χ0) is 15.3. The van der Waals surface area contributed by atoms with E-state index in [9.17, 15) is 9.90 Å². The lowest BCUT2D eigenvalue weighted by Gasteiger charge is -2.21. The molecule has 1 saturated heterocycles. The van der Waals surface area contributed by atoms with Crippen LogP contribution in [0.2, 0.25) is 0 Å². The first-order valence-electron chi connectivity index (χ1n) is 6.76. The van der Waals surface area contributed by atoms with Gasteiger partial charge in [0.2, 0.25) is 0 Å². The normalized spacial score (nSPS) is 20.9. The topological polar surface area (TPSA) is 91.9 Å². The van der Waals surface area contributed by atoms with E-state index in [-0.39, 0.29) is 6.54 Å². The van der Waals surface area contributed by atoms with Crippen LogP contribution < -0.4 is 25.4 Å². The number of hydrogen-bond donors (Lipinski definition) is 4. The molecular weight excluding hydrogens is 274 g/mol. The van der Waals surface area contributed by atoms with Gasteiger partial charge in [-0.2, -0.15) is 0 Å². The fourth-order valence-corrected chi connectivity index (χ4v) is 2.19. The molecule has 7 nitrogen and oxygen atoms in total. The van der Waals surface area contributed by atoms with E-state index in [1.54, 1.807) is 25.3 Å². The summed E-state index contributed by atoms with van der Waals surface area (Å²) in [5, 5.41) is 18.5. The van der Waals surface area contributed by atoms with Crippen molar-refractivity contribution in [3.05, 3.63) is 18.2 Å². The van der Waals surface area contributed by atoms with Crippen LogP contribution in [0.3, 0.4) is 0 Å². The summed E-state index contributed by atoms with van der Waals surface area (Å²) in [5.41, 5.74) is -0.339. The van der Waals surface area contributed by atoms with Gasteiger partial charge >= 0.3 is 6.03 Å². The van der Waals surface area contributed by atoms with Gasteiger partial charge in [-0.25, -0.2) is 4.79 Å². The third-order valence-corrected chi connectivity index (χ3v) is 3.46. The maximum atomic E-state index is 11.9. The molecule has 1 unspecified atom stereocenters. The third kappa shape index (κ3) is 3.99. The van der Waals surface area contributed by atoms with Crippen molar-refractivity contribution < 1.29 is 19.4 Å². The number of methoxy groups -OCH3 is 2. The smallest absolute Gasteiger partial charge is 0.319 e. The van der Waals surface area contributed by atoms with Gasteiger partial charge in [0.15, 0.2) is 0 Å². The number of aliphatic hydroxyl groups is 1. The van der Waals surface area contributed by atoms with Crippen molar-refractivity contribution in [1.29, 1.82) is 0 Å². The second-order valence-electron chi connectivity index (χ2n) is 5.03. The highest BCUT2D eigenvalue weighted by Crippen LogP contribution is 2.28. The molecule has 1 atom stereocenters. The summed E-state index contributed by atoms with van der Waals surface area (Å²) in [6, 6.07) is 4.72. The van der Waals surface area contributed by atoms with Crippen LogP contribution in [0.25, 0.3) is 0 Å². The van der Waals surface area contributed by atoms with Crippen LogP contribution in [-0.4, -0.2) is 50.6 Å². The largest absolute Gasteiger partial charge is 0.497 e. The first-order chi connectivity index (χ1) is 10.1. The standard InChI is InChI=1S/C14H21N3O4/c1-20-10-3-4-11(12(7-10)21-2)17-13(18)16-9-14(19)5-6-15-8-14/h3-4,7,15,19H,5-6,8-9H2,1-2H3,(H2,16,17,18). The molecule has 0 bridgehead atoms. The Labute approximate surface area is 123 Å². The Balaban J connectivity index is 1.93. The molecule has 1 heterocycles. The molecule has 0 radical (unpaired) electrons. The molecule has 1 aliphatic heterocycles. The summed E-state index contributed by atoms with van der Waals surface area (Å²) in [5.74, 6) is 1.15. The van der Waals surface area contributed by atoms with Gasteiger partial charge < -0.3 is 30.5 Å². The number of carbonyl (C=O) groups excluding carboxylic acids is 1. The van der Waals surface area contributed by atoms with Gasteiger partial charge in [-0.15, -0.1) is 0 Å². The molecule has 0 spiro atoms. The molecule has 1 aromatic carbocycles. The lowest BCUT2D eigenvalue weighted by molar-refractivity contribution is 0.0640. The van der Waals surface area contributed by atoms with Crippen LogP contribution in [-0.2, 0) is 0 Å². The number of rotatable bonds is 5. The minimum atomic E-state index is -0.874. The first-order valence-corrected chi connectivity index (χ1v) is 6.76. The predicted molar refractivity (Wildman–Crippen MR) is 79.0 cm³/mol. The van der Waals surface area contributed by atoms with E-state index in [0.717, 1.165) is 6.54 Å². The zero-order valence-corrected chi connectivity index (χ0v) is 12.2. The molecule has 7 heteroatoms. The lowest BCUT2D eigenvalue weighted by atomic mass is 10.0. The molecule has 116 valence electrons. The molecule has 1 fully saturated rings. The van der Waals surface area contributed by atoms with Crippen LogP contribution in [0.5, 0.6) is 11.5 Å². The van der Waals surface area contributed by atoms with E-state index in [0.29, 0.717) is 30.2 Å². The lowest BCUT2D eigenvalue weighted by Crippen LogP contribution is -2.45. The summed E-state index contributed by atoms with van der Waals surface area (Å²) in [6.45, 7) is 1.44. The fraction of sp³-hybridized carbons (Fsp3) is 0.500. The highest BCUT2D eigenvalue weighted by atomic mass is 16.5. The average Bonchev–Trinajstić information content (AvgIpc) is 2.93. The van der Waals surface area contributed by atoms with Crippen LogP contribution >= 0.6 is 0 Å². The van der Waals surface area contributed by atoms with Gasteiger partial charge in [-0.3, -0.25) is 0 Å². The number of ether oxygens (including phenoxy) is 2. The monoisotopic (exact) mass is 295 g/mol. The Morgan fingerprint density at radius 3 is 2.86 bits per heavy atom. The summed E-state index contributed by atoms with van der Waals surface area (Å²) in [6.07, 6.45) is 0.624. The maximum Gasteiger partial charge on any atom is 0.319 e. The number of β-amino-alcohol motifs (C(OH)–C–C–N with tert-alkyl or cyclic N) is 1. The number of hydrogen-bond acceptors (Lipinski definition) is 5. The van der Waals surface area contributed by atoms with E-state index in [2.05, 4.69) is 16.0 Å². The SMILES string of the molecule is COc1ccc(NC(=O)NCC2(O)CCNC2)c(OC)c1. The fourth-order valence-electron chi connectivity index (χ4n) is 2.19. The third-order valence-electron chi connectivity index (χ3n) is 3.46. The van der Waals surface area contributed by atoms with Gasteiger partial charge in [-0.05, 0) is 25.1 Å². The Kier molecular flexibility index (Phi) is 4.87. The first kappa shape index (κ1) is 15.4. The quantitative estimate of drug-likeness (QED) is 0.637. The van der Waals surface area contributed by atoms with E-state index < -0.39 is 11.6 Å². The van der Waals surface area contributed by atoms with Crippen LogP contribution in [0.15, 0.2) is 18.2 Å². The van der Waals surface area contributed by atoms with Crippen molar-refractivity contribution in [3.63, 3.8) is 0 Å². The number of urea groups is 1. The van der Waals surface area contributed by atoms with Crippen LogP contribution in [0.1, 0.15) is 6.42 Å². The Hall–Kier alpha value is -1.99. The molecule has 1 aromatic rings. The summed E-state index contributed by atoms with van der Waals surface area (Å²) in [7, 11) is 3.08. The van der Waals surface area contributed by atoms with Gasteiger partial charge in [-0.1, -0.05) is 0 Å². The van der Waals surface area contributed by atoms with Gasteiger partial charge in [0, 0.05) is 19.2 Å². The van der Waals surface area contributed by atoms with E-state index >= 15 is 0 Å². The van der Waals surface area contributed by atoms with Crippen molar-refractivity contribution >= 4 is 11.7 Å². The molecule has 0 aliphatic carbocycles. The number of anilines is 1. The zero-order valence-electron chi connectivity index (χ0n) is 12.2. The molecule has 0 aromatic heterocycles. The minimum Gasteiger partial charge on any atom is -0.497 e. The number of amides is 2. The highest BCUT2D eigenvalue weighted by molar-refractivity contribution is 5.91. The Morgan fingerprint density at radius 2 is 2.24 bits per heavy atom. The minimum absolute atomic E-state index is 0.199. The van der Waals surface area contributed by atoms with Crippen molar-refractivity contribution in [2.24, 2.45) is 0 Å². The molecule has 4 N–H and O–H groups in total. The second kappa shape index (κ2) is 6.64. The van der Waals surface area contributed by atoms with Gasteiger partial charge in [0.1, 0.15) is 11.5 Å². The molecule has 2 rings (SSSR count). The maximum absolute atomic E-state index is 11.9. The molecule has 0 saturated carbocycles. The van der Waals surface area contributed by atoms with Gasteiger partial charge in [0.05, 0.1) is 25.5 Å². The van der Waals surface area contributed by atoms with Crippen molar-refractivity contribution in [2.45, 2.75) is 12.0 Å². The Bertz CT molecular complexity index is 501. The van der Waals surface area contributed by atoms with Crippen LogP contribution in [0, 0.1) is 0 Å². The van der Waals surface area contributed by atoms with Gasteiger partial charge in [0.25, 0.3) is 0 Å². The Morgan fingerprint density at radius 1 is 1.43 bits per heavy atom. The number of carbonyl (C=O) groups is 1. The number of benzene rings is 1. The van der Waals surface area contributed by atoms with E-state index in [4.69, 9.17) is 9.47 Å². The summed E-state index contributed by atoms with van der Waals surface area (Å²) in [4.78, 5) is 11.9. The molecular formula is C14H21N3O4. The van der Waals surface area contributed by atoms with Crippen molar-refractivity contribution in [2.75, 3.05) is 39.2 Å². The predicted octanol–water partition coefficient (Wildman–Crippen LogP) is 0.550. The molecule has 2 amide bonds. The second-order valence-corrected chi connectivity index (χ2v) is 5.03. The van der Waals surface area contributed by atoms with E-state index in [1.807, 2.05) is 0 Å². The average molecular weight is 295 g/mol. The summed E-state index contributed by atoms with van der Waals surface area (Å²) < 4.78 is 10.3. The highest BCUT2D eigenvalue weighted by Gasteiger charge is 2.31. The summed E-state index contributed by atoms with van der Waals surface area (Å²) >= 11 is 0. The van der Waals surface area contributed by atoms with Crippen LogP contribution in [0.4, 0.5) is 10.5 Å². The van der Waals surface area contributed by atoms with Crippen molar-refractivity contribution in [1.82, 2.24) is 10.6 Å².